The van der Waals surface area contributed by atoms with Crippen LogP contribution in [-0.2, 0) is 0 Å². The molecule has 0 atom stereocenters. The number of fused-ring (bicyclic) bond motifs is 7. The predicted octanol–water partition coefficient (Wildman–Crippen LogP) is 11.1. The number of para-hydroxylation sites is 3. The van der Waals surface area contributed by atoms with E-state index in [9.17, 15) is 4.79 Å². The molecule has 0 radical (unpaired) electrons. The predicted molar refractivity (Wildman–Crippen MR) is 207 cm³/mol. The number of imidazole rings is 1. The third-order valence-electron chi connectivity index (χ3n) is 9.92. The summed E-state index contributed by atoms with van der Waals surface area (Å²) in [5.74, 6) is 0. The standard InChI is InChI=1S/C46H29N3O/c50-46-48(34-18-8-3-9-19-34)42-29-33(25-27-38(42)45-47-40-22-12-13-23-41(40)49(45)46)32-24-26-37-39(28-32)44(31-16-6-2-7-17-31)36-21-11-10-20-35(36)43(37)30-14-4-1-5-15-30/h1-29H. The van der Waals surface area contributed by atoms with Gasteiger partial charge in [-0.1, -0.05) is 133 Å². The zero-order chi connectivity index (χ0) is 33.2. The van der Waals surface area contributed by atoms with Crippen molar-refractivity contribution in [3.8, 4) is 39.1 Å². The third-order valence-corrected chi connectivity index (χ3v) is 9.92. The van der Waals surface area contributed by atoms with Crippen molar-refractivity contribution in [1.82, 2.24) is 14.0 Å². The van der Waals surface area contributed by atoms with Crippen LogP contribution in [0.1, 0.15) is 0 Å². The Kier molecular flexibility index (Phi) is 6.30. The number of aromatic nitrogens is 3. The van der Waals surface area contributed by atoms with E-state index in [4.69, 9.17) is 4.98 Å². The van der Waals surface area contributed by atoms with Crippen LogP contribution in [0, 0.1) is 0 Å². The van der Waals surface area contributed by atoms with Gasteiger partial charge in [-0.15, -0.1) is 0 Å². The number of nitrogens with zero attached hydrogens (tertiary/aromatic N) is 3. The molecular formula is C46H29N3O. The second-order valence-electron chi connectivity index (χ2n) is 12.7. The van der Waals surface area contributed by atoms with Crippen molar-refractivity contribution >= 4 is 49.1 Å². The molecule has 50 heavy (non-hydrogen) atoms. The maximum Gasteiger partial charge on any atom is 0.339 e. The van der Waals surface area contributed by atoms with E-state index in [1.165, 1.54) is 43.8 Å². The Morgan fingerprint density at radius 2 is 0.920 bits per heavy atom. The minimum absolute atomic E-state index is 0.145. The molecule has 0 spiro atoms. The van der Waals surface area contributed by atoms with E-state index in [0.717, 1.165) is 38.8 Å². The molecule has 0 bridgehead atoms. The van der Waals surface area contributed by atoms with Gasteiger partial charge in [-0.2, -0.15) is 0 Å². The first-order valence-corrected chi connectivity index (χ1v) is 16.9. The van der Waals surface area contributed by atoms with Crippen molar-refractivity contribution in [2.45, 2.75) is 0 Å². The first-order valence-electron chi connectivity index (χ1n) is 16.9. The highest BCUT2D eigenvalue weighted by Gasteiger charge is 2.20. The Labute approximate surface area is 287 Å². The van der Waals surface area contributed by atoms with Gasteiger partial charge in [0.15, 0.2) is 5.65 Å². The topological polar surface area (TPSA) is 39.3 Å². The van der Waals surface area contributed by atoms with Crippen molar-refractivity contribution in [3.63, 3.8) is 0 Å². The van der Waals surface area contributed by atoms with Gasteiger partial charge in [0.1, 0.15) is 0 Å². The summed E-state index contributed by atoms with van der Waals surface area (Å²) in [6.07, 6.45) is 0. The molecule has 0 aliphatic heterocycles. The number of hydrogen-bond donors (Lipinski definition) is 0. The highest BCUT2D eigenvalue weighted by Crippen LogP contribution is 2.45. The molecule has 0 amide bonds. The normalized spacial score (nSPS) is 11.7. The Morgan fingerprint density at radius 3 is 1.60 bits per heavy atom. The van der Waals surface area contributed by atoms with Crippen LogP contribution in [0.15, 0.2) is 181 Å². The van der Waals surface area contributed by atoms with E-state index in [2.05, 4.69) is 121 Å². The second kappa shape index (κ2) is 11.1. The van der Waals surface area contributed by atoms with Crippen LogP contribution in [0.3, 0.4) is 0 Å². The molecular weight excluding hydrogens is 611 g/mol. The Morgan fingerprint density at radius 1 is 0.400 bits per heavy atom. The van der Waals surface area contributed by atoms with Crippen LogP contribution in [0.5, 0.6) is 0 Å². The molecule has 2 heterocycles. The summed E-state index contributed by atoms with van der Waals surface area (Å²) in [5.41, 5.74) is 10.6. The Bertz CT molecular complexity index is 2980. The molecule has 2 aromatic heterocycles. The van der Waals surface area contributed by atoms with Gasteiger partial charge in [-0.3, -0.25) is 4.57 Å². The molecule has 0 fully saturated rings. The van der Waals surface area contributed by atoms with Gasteiger partial charge in [0.2, 0.25) is 0 Å². The van der Waals surface area contributed by atoms with Crippen molar-refractivity contribution in [3.05, 3.63) is 186 Å². The SMILES string of the molecule is O=c1n(-c2ccccc2)c2cc(-c3ccc4c(-c5ccccc5)c5ccccc5c(-c5ccccc5)c4c3)ccc2c2nc3ccccc3n12. The largest absolute Gasteiger partial charge is 0.339 e. The summed E-state index contributed by atoms with van der Waals surface area (Å²) >= 11 is 0. The van der Waals surface area contributed by atoms with Crippen molar-refractivity contribution < 1.29 is 0 Å². The smallest absolute Gasteiger partial charge is 0.262 e. The average Bonchev–Trinajstić information content (AvgIpc) is 3.58. The molecule has 0 unspecified atom stereocenters. The van der Waals surface area contributed by atoms with Gasteiger partial charge in [-0.25, -0.2) is 14.2 Å². The summed E-state index contributed by atoms with van der Waals surface area (Å²) in [5, 5.41) is 5.74. The first-order chi connectivity index (χ1) is 24.7. The van der Waals surface area contributed by atoms with Gasteiger partial charge >= 0.3 is 5.69 Å². The molecule has 0 aliphatic rings. The fraction of sp³-hybridized carbons (Fsp3) is 0. The van der Waals surface area contributed by atoms with E-state index in [0.29, 0.717) is 5.65 Å². The summed E-state index contributed by atoms with van der Waals surface area (Å²) in [6.45, 7) is 0. The Balaban J connectivity index is 1.29. The minimum Gasteiger partial charge on any atom is -0.262 e. The van der Waals surface area contributed by atoms with E-state index in [-0.39, 0.29) is 5.69 Å². The maximum absolute atomic E-state index is 14.4. The third kappa shape index (κ3) is 4.25. The van der Waals surface area contributed by atoms with Gasteiger partial charge in [0, 0.05) is 5.39 Å². The van der Waals surface area contributed by atoms with E-state index in [1.807, 2.05) is 59.2 Å². The molecule has 0 aliphatic carbocycles. The van der Waals surface area contributed by atoms with E-state index < -0.39 is 0 Å². The molecule has 0 saturated carbocycles. The maximum atomic E-state index is 14.4. The lowest BCUT2D eigenvalue weighted by atomic mass is 9.85. The van der Waals surface area contributed by atoms with Gasteiger partial charge in [0.25, 0.3) is 0 Å². The lowest BCUT2D eigenvalue weighted by Gasteiger charge is -2.19. The Hall–Kier alpha value is -6.78. The van der Waals surface area contributed by atoms with E-state index >= 15 is 0 Å². The summed E-state index contributed by atoms with van der Waals surface area (Å²) in [6, 6.07) is 61.0. The van der Waals surface area contributed by atoms with Crippen LogP contribution in [0.25, 0.3) is 88.2 Å². The van der Waals surface area contributed by atoms with Gasteiger partial charge < -0.3 is 0 Å². The zero-order valence-electron chi connectivity index (χ0n) is 27.0. The number of hydrogen-bond acceptors (Lipinski definition) is 2. The molecule has 8 aromatic carbocycles. The average molecular weight is 640 g/mol. The second-order valence-corrected chi connectivity index (χ2v) is 12.7. The van der Waals surface area contributed by atoms with E-state index in [1.54, 1.807) is 4.40 Å². The van der Waals surface area contributed by atoms with Gasteiger partial charge in [-0.05, 0) is 97.4 Å². The monoisotopic (exact) mass is 639 g/mol. The van der Waals surface area contributed by atoms with Crippen LogP contribution in [0.2, 0.25) is 0 Å². The first kappa shape index (κ1) is 28.3. The molecule has 4 nitrogen and oxygen atoms in total. The van der Waals surface area contributed by atoms with Crippen molar-refractivity contribution in [2.75, 3.05) is 0 Å². The van der Waals surface area contributed by atoms with Crippen LogP contribution in [0.4, 0.5) is 0 Å². The molecule has 234 valence electrons. The molecule has 4 heteroatoms. The van der Waals surface area contributed by atoms with Gasteiger partial charge in [0.05, 0.1) is 22.2 Å². The number of benzene rings is 8. The summed E-state index contributed by atoms with van der Waals surface area (Å²) in [4.78, 5) is 19.4. The van der Waals surface area contributed by atoms with Crippen LogP contribution >= 0.6 is 0 Å². The minimum atomic E-state index is -0.145. The quantitative estimate of drug-likeness (QED) is 0.180. The van der Waals surface area contributed by atoms with Crippen molar-refractivity contribution in [1.29, 1.82) is 0 Å². The molecule has 0 saturated heterocycles. The highest BCUT2D eigenvalue weighted by molar-refractivity contribution is 6.22. The fourth-order valence-electron chi connectivity index (χ4n) is 7.70. The highest BCUT2D eigenvalue weighted by atomic mass is 16.1. The fourth-order valence-corrected chi connectivity index (χ4v) is 7.70. The summed E-state index contributed by atoms with van der Waals surface area (Å²) < 4.78 is 3.56. The number of rotatable bonds is 4. The van der Waals surface area contributed by atoms with Crippen molar-refractivity contribution in [2.24, 2.45) is 0 Å². The molecule has 10 aromatic rings. The summed E-state index contributed by atoms with van der Waals surface area (Å²) in [7, 11) is 0. The van der Waals surface area contributed by atoms with Crippen LogP contribution < -0.4 is 5.69 Å². The van der Waals surface area contributed by atoms with Crippen LogP contribution in [-0.4, -0.2) is 14.0 Å². The zero-order valence-corrected chi connectivity index (χ0v) is 27.0. The molecule has 0 N–H and O–H groups in total. The molecule has 10 rings (SSSR count). The lowest BCUT2D eigenvalue weighted by Crippen LogP contribution is -2.25. The lowest BCUT2D eigenvalue weighted by molar-refractivity contribution is 0.932.